The Balaban J connectivity index is 1.30. The fourth-order valence-corrected chi connectivity index (χ4v) is 3.47. The Labute approximate surface area is 166 Å². The van der Waals surface area contributed by atoms with E-state index in [1.807, 2.05) is 12.1 Å². The SMILES string of the molecule is O=C(Nc1ccc2c(c1)OCO2)Nc1ccc2c(c1)N(C(=O)c1ccco1)CC2. The highest BCUT2D eigenvalue weighted by Crippen LogP contribution is 2.35. The van der Waals surface area contributed by atoms with E-state index < -0.39 is 6.03 Å². The largest absolute Gasteiger partial charge is 0.459 e. The van der Waals surface area contributed by atoms with Crippen LogP contribution in [0.2, 0.25) is 0 Å². The molecular formula is C21H17N3O5. The maximum Gasteiger partial charge on any atom is 0.323 e. The average Bonchev–Trinajstić information content (AvgIpc) is 3.47. The Hall–Kier alpha value is -3.94. The highest BCUT2D eigenvalue weighted by Gasteiger charge is 2.27. The molecule has 0 unspecified atom stereocenters. The van der Waals surface area contributed by atoms with E-state index >= 15 is 0 Å². The molecule has 0 saturated carbocycles. The van der Waals surface area contributed by atoms with Crippen LogP contribution >= 0.6 is 0 Å². The standard InChI is InChI=1S/C21H17N3O5/c25-20(18-2-1-9-27-18)24-8-7-13-3-4-14(10-16(13)24)22-21(26)23-15-5-6-17-19(11-15)29-12-28-17/h1-6,9-11H,7-8,12H2,(H2,22,23,26). The second-order valence-corrected chi connectivity index (χ2v) is 6.67. The van der Waals surface area contributed by atoms with Crippen molar-refractivity contribution >= 4 is 29.0 Å². The molecule has 29 heavy (non-hydrogen) atoms. The van der Waals surface area contributed by atoms with E-state index in [1.165, 1.54) is 6.26 Å². The summed E-state index contributed by atoms with van der Waals surface area (Å²) in [7, 11) is 0. The van der Waals surface area contributed by atoms with Crippen LogP contribution in [0, 0.1) is 0 Å². The zero-order chi connectivity index (χ0) is 19.8. The number of nitrogens with one attached hydrogen (secondary N) is 2. The molecule has 0 aliphatic carbocycles. The fourth-order valence-electron chi connectivity index (χ4n) is 3.47. The lowest BCUT2D eigenvalue weighted by Crippen LogP contribution is -2.28. The monoisotopic (exact) mass is 391 g/mol. The molecule has 0 fully saturated rings. The third kappa shape index (κ3) is 3.25. The Morgan fingerprint density at radius 2 is 1.72 bits per heavy atom. The normalized spacial score (nSPS) is 13.9. The van der Waals surface area contributed by atoms with Crippen LogP contribution in [-0.4, -0.2) is 25.3 Å². The van der Waals surface area contributed by atoms with Crippen molar-refractivity contribution in [1.82, 2.24) is 0 Å². The topological polar surface area (TPSA) is 93.0 Å². The third-order valence-corrected chi connectivity index (χ3v) is 4.85. The molecule has 3 amide bonds. The number of hydrogen-bond acceptors (Lipinski definition) is 5. The molecule has 3 heterocycles. The predicted molar refractivity (Wildman–Crippen MR) is 106 cm³/mol. The van der Waals surface area contributed by atoms with Gasteiger partial charge in [-0.3, -0.25) is 4.79 Å². The number of carbonyl (C=O) groups excluding carboxylic acids is 2. The molecule has 0 spiro atoms. The quantitative estimate of drug-likeness (QED) is 0.707. The lowest BCUT2D eigenvalue weighted by molar-refractivity contribution is 0.0963. The maximum atomic E-state index is 12.6. The van der Waals surface area contributed by atoms with Gasteiger partial charge in [-0.2, -0.15) is 0 Å². The lowest BCUT2D eigenvalue weighted by atomic mass is 10.1. The van der Waals surface area contributed by atoms with Gasteiger partial charge >= 0.3 is 6.03 Å². The van der Waals surface area contributed by atoms with Gasteiger partial charge in [0.1, 0.15) is 0 Å². The number of nitrogens with zero attached hydrogens (tertiary/aromatic N) is 1. The Morgan fingerprint density at radius 1 is 0.931 bits per heavy atom. The number of furan rings is 1. The van der Waals surface area contributed by atoms with Crippen LogP contribution in [0.1, 0.15) is 16.1 Å². The van der Waals surface area contributed by atoms with Crippen molar-refractivity contribution in [3.05, 3.63) is 66.1 Å². The van der Waals surface area contributed by atoms with Gasteiger partial charge in [-0.25, -0.2) is 4.79 Å². The smallest absolute Gasteiger partial charge is 0.323 e. The highest BCUT2D eigenvalue weighted by molar-refractivity contribution is 6.06. The summed E-state index contributed by atoms with van der Waals surface area (Å²) in [4.78, 5) is 26.7. The molecule has 0 bridgehead atoms. The molecule has 8 nitrogen and oxygen atoms in total. The van der Waals surface area contributed by atoms with Crippen LogP contribution in [0.25, 0.3) is 0 Å². The van der Waals surface area contributed by atoms with E-state index in [0.717, 1.165) is 17.7 Å². The molecule has 2 N–H and O–H groups in total. The zero-order valence-electron chi connectivity index (χ0n) is 15.3. The molecule has 2 aliphatic heterocycles. The number of urea groups is 1. The van der Waals surface area contributed by atoms with Crippen LogP contribution in [0.4, 0.5) is 21.9 Å². The molecule has 2 aliphatic rings. The second-order valence-electron chi connectivity index (χ2n) is 6.67. The molecular weight excluding hydrogens is 374 g/mol. The first kappa shape index (κ1) is 17.2. The van der Waals surface area contributed by atoms with Crippen molar-refractivity contribution in [1.29, 1.82) is 0 Å². The molecule has 3 aromatic rings. The van der Waals surface area contributed by atoms with Crippen LogP contribution in [0.15, 0.2) is 59.2 Å². The summed E-state index contributed by atoms with van der Waals surface area (Å²) in [6.45, 7) is 0.745. The number of amides is 3. The summed E-state index contributed by atoms with van der Waals surface area (Å²) in [6.07, 6.45) is 2.23. The van der Waals surface area contributed by atoms with Crippen molar-refractivity contribution in [2.24, 2.45) is 0 Å². The first-order valence-corrected chi connectivity index (χ1v) is 9.13. The number of carbonyl (C=O) groups is 2. The van der Waals surface area contributed by atoms with Crippen LogP contribution in [-0.2, 0) is 6.42 Å². The fraction of sp³-hybridized carbons (Fsp3) is 0.143. The predicted octanol–water partition coefficient (Wildman–Crippen LogP) is 3.86. The van der Waals surface area contributed by atoms with Crippen molar-refractivity contribution in [3.63, 3.8) is 0 Å². The minimum Gasteiger partial charge on any atom is -0.459 e. The summed E-state index contributed by atoms with van der Waals surface area (Å²) in [5.74, 6) is 1.33. The zero-order valence-corrected chi connectivity index (χ0v) is 15.3. The first-order valence-electron chi connectivity index (χ1n) is 9.13. The summed E-state index contributed by atoms with van der Waals surface area (Å²) >= 11 is 0. The maximum absolute atomic E-state index is 12.6. The minimum absolute atomic E-state index is 0.174. The average molecular weight is 391 g/mol. The number of hydrogen-bond donors (Lipinski definition) is 2. The second kappa shape index (κ2) is 6.90. The van der Waals surface area contributed by atoms with Gasteiger partial charge in [0.05, 0.1) is 6.26 Å². The third-order valence-electron chi connectivity index (χ3n) is 4.85. The molecule has 146 valence electrons. The Morgan fingerprint density at radius 3 is 2.55 bits per heavy atom. The minimum atomic E-state index is -0.397. The van der Waals surface area contributed by atoms with Gasteiger partial charge in [0, 0.05) is 29.7 Å². The Kier molecular flexibility index (Phi) is 4.09. The summed E-state index contributed by atoms with van der Waals surface area (Å²) in [5, 5.41) is 5.56. The number of ether oxygens (including phenoxy) is 2. The number of benzene rings is 2. The molecule has 2 aromatic carbocycles. The van der Waals surface area contributed by atoms with Crippen molar-refractivity contribution in [2.75, 3.05) is 28.9 Å². The van der Waals surface area contributed by atoms with Gasteiger partial charge in [0.15, 0.2) is 17.3 Å². The molecule has 0 atom stereocenters. The summed E-state index contributed by atoms with van der Waals surface area (Å²) in [6, 6.07) is 13.6. The van der Waals surface area contributed by atoms with E-state index in [1.54, 1.807) is 41.3 Å². The van der Waals surface area contributed by atoms with E-state index in [2.05, 4.69) is 10.6 Å². The van der Waals surface area contributed by atoms with E-state index in [4.69, 9.17) is 13.9 Å². The van der Waals surface area contributed by atoms with E-state index in [0.29, 0.717) is 29.4 Å². The van der Waals surface area contributed by atoms with Crippen LogP contribution in [0.3, 0.4) is 0 Å². The summed E-state index contributed by atoms with van der Waals surface area (Å²) in [5.41, 5.74) is 2.99. The van der Waals surface area contributed by atoms with Crippen molar-refractivity contribution in [2.45, 2.75) is 6.42 Å². The first-order chi connectivity index (χ1) is 14.2. The van der Waals surface area contributed by atoms with Crippen LogP contribution < -0.4 is 25.0 Å². The van der Waals surface area contributed by atoms with Gasteiger partial charge in [0.25, 0.3) is 5.91 Å². The molecule has 5 rings (SSSR count). The Bertz CT molecular complexity index is 1090. The van der Waals surface area contributed by atoms with Crippen LogP contribution in [0.5, 0.6) is 11.5 Å². The molecule has 0 saturated heterocycles. The van der Waals surface area contributed by atoms with Gasteiger partial charge in [0.2, 0.25) is 6.79 Å². The number of anilines is 3. The van der Waals surface area contributed by atoms with E-state index in [9.17, 15) is 9.59 Å². The molecule has 8 heteroatoms. The van der Waals surface area contributed by atoms with Gasteiger partial charge < -0.3 is 29.4 Å². The number of rotatable bonds is 3. The van der Waals surface area contributed by atoms with Gasteiger partial charge in [-0.05, 0) is 48.4 Å². The van der Waals surface area contributed by atoms with Gasteiger partial charge in [-0.1, -0.05) is 6.07 Å². The van der Waals surface area contributed by atoms with E-state index in [-0.39, 0.29) is 18.5 Å². The number of fused-ring (bicyclic) bond motifs is 2. The van der Waals surface area contributed by atoms with Crippen molar-refractivity contribution < 1.29 is 23.5 Å². The lowest BCUT2D eigenvalue weighted by Gasteiger charge is -2.17. The summed E-state index contributed by atoms with van der Waals surface area (Å²) < 4.78 is 15.8. The van der Waals surface area contributed by atoms with Gasteiger partial charge in [-0.15, -0.1) is 0 Å². The van der Waals surface area contributed by atoms with Crippen molar-refractivity contribution in [3.8, 4) is 11.5 Å². The molecule has 0 radical (unpaired) electrons. The molecule has 1 aromatic heterocycles. The highest BCUT2D eigenvalue weighted by atomic mass is 16.7.